The summed E-state index contributed by atoms with van der Waals surface area (Å²) in [5.41, 5.74) is 6.90. The maximum absolute atomic E-state index is 11.6. The van der Waals surface area contributed by atoms with Crippen molar-refractivity contribution in [3.8, 4) is 5.75 Å². The summed E-state index contributed by atoms with van der Waals surface area (Å²) in [4.78, 5) is 11.6. The molecule has 0 saturated heterocycles. The summed E-state index contributed by atoms with van der Waals surface area (Å²) >= 11 is 0. The molecule has 0 spiro atoms. The van der Waals surface area contributed by atoms with Crippen molar-refractivity contribution < 1.29 is 9.53 Å². The monoisotopic (exact) mass is 262 g/mol. The highest BCUT2D eigenvalue weighted by Gasteiger charge is 2.21. The Labute approximate surface area is 114 Å². The van der Waals surface area contributed by atoms with Gasteiger partial charge in [-0.05, 0) is 49.8 Å². The van der Waals surface area contributed by atoms with Crippen LogP contribution in [0.4, 0.5) is 0 Å². The first-order valence-corrected chi connectivity index (χ1v) is 6.87. The number of hydrogen-bond acceptors (Lipinski definition) is 3. The van der Waals surface area contributed by atoms with Crippen molar-refractivity contribution in [3.63, 3.8) is 0 Å². The van der Waals surface area contributed by atoms with Gasteiger partial charge in [0.2, 0.25) is 0 Å². The van der Waals surface area contributed by atoms with E-state index in [1.807, 2.05) is 31.2 Å². The Bertz CT molecular complexity index is 428. The zero-order valence-electron chi connectivity index (χ0n) is 11.4. The van der Waals surface area contributed by atoms with Gasteiger partial charge in [-0.15, -0.1) is 0 Å². The summed E-state index contributed by atoms with van der Waals surface area (Å²) < 4.78 is 5.49. The largest absolute Gasteiger partial charge is 0.484 e. The third-order valence-electron chi connectivity index (χ3n) is 3.11. The number of rotatable bonds is 7. The van der Waals surface area contributed by atoms with Gasteiger partial charge in [0.25, 0.3) is 5.91 Å². The van der Waals surface area contributed by atoms with Crippen molar-refractivity contribution in [2.45, 2.75) is 32.2 Å². The molecule has 1 fully saturated rings. The van der Waals surface area contributed by atoms with Crippen LogP contribution in [0.25, 0.3) is 0 Å². The molecule has 1 saturated carbocycles. The summed E-state index contributed by atoms with van der Waals surface area (Å²) in [6.45, 7) is 2.83. The Balaban J connectivity index is 1.76. The summed E-state index contributed by atoms with van der Waals surface area (Å²) in [7, 11) is 0. The average Bonchev–Trinajstić information content (AvgIpc) is 3.17. The average molecular weight is 262 g/mol. The van der Waals surface area contributed by atoms with Crippen molar-refractivity contribution in [1.82, 2.24) is 5.32 Å². The van der Waals surface area contributed by atoms with Gasteiger partial charge < -0.3 is 15.8 Å². The molecule has 1 atom stereocenters. The Morgan fingerprint density at radius 2 is 2.32 bits per heavy atom. The normalized spacial score (nSPS) is 15.9. The van der Waals surface area contributed by atoms with E-state index >= 15 is 0 Å². The summed E-state index contributed by atoms with van der Waals surface area (Å²) in [5, 5.41) is 2.88. The maximum Gasteiger partial charge on any atom is 0.257 e. The lowest BCUT2D eigenvalue weighted by Crippen LogP contribution is -2.30. The maximum atomic E-state index is 11.6. The number of hydrogen-bond donors (Lipinski definition) is 2. The van der Waals surface area contributed by atoms with E-state index in [-0.39, 0.29) is 18.6 Å². The molecule has 4 heteroatoms. The number of nitrogens with two attached hydrogens (primary N) is 1. The fourth-order valence-electron chi connectivity index (χ4n) is 1.91. The van der Waals surface area contributed by atoms with E-state index in [1.165, 1.54) is 12.8 Å². The zero-order valence-corrected chi connectivity index (χ0v) is 11.4. The quantitative estimate of drug-likeness (QED) is 0.782. The third-order valence-corrected chi connectivity index (χ3v) is 3.11. The highest BCUT2D eigenvalue weighted by Crippen LogP contribution is 2.27. The predicted molar refractivity (Wildman–Crippen MR) is 75.0 cm³/mol. The molecule has 1 aliphatic carbocycles. The molecule has 0 bridgehead atoms. The molecule has 0 radical (unpaired) electrons. The molecule has 0 aliphatic heterocycles. The second kappa shape index (κ2) is 6.57. The zero-order chi connectivity index (χ0) is 13.7. The lowest BCUT2D eigenvalue weighted by Gasteiger charge is -2.09. The van der Waals surface area contributed by atoms with E-state index in [2.05, 4.69) is 5.32 Å². The molecular weight excluding hydrogens is 240 g/mol. The minimum Gasteiger partial charge on any atom is -0.484 e. The number of benzene rings is 1. The number of nitrogens with one attached hydrogen (secondary N) is 1. The van der Waals surface area contributed by atoms with Crippen molar-refractivity contribution in [3.05, 3.63) is 29.8 Å². The van der Waals surface area contributed by atoms with Crippen molar-refractivity contribution >= 4 is 5.91 Å². The number of carbonyl (C=O) groups is 1. The lowest BCUT2D eigenvalue weighted by molar-refractivity contribution is -0.123. The van der Waals surface area contributed by atoms with Gasteiger partial charge in [0.1, 0.15) is 5.75 Å². The van der Waals surface area contributed by atoms with Gasteiger partial charge in [-0.1, -0.05) is 12.1 Å². The summed E-state index contributed by atoms with van der Waals surface area (Å²) in [6.07, 6.45) is 3.28. The molecule has 19 heavy (non-hydrogen) atoms. The molecule has 104 valence electrons. The Morgan fingerprint density at radius 3 is 3.00 bits per heavy atom. The minimum atomic E-state index is -0.0514. The molecule has 3 N–H and O–H groups in total. The van der Waals surface area contributed by atoms with Gasteiger partial charge in [0.05, 0.1) is 0 Å². The molecule has 1 aromatic carbocycles. The van der Waals surface area contributed by atoms with E-state index < -0.39 is 0 Å². The first-order valence-electron chi connectivity index (χ1n) is 6.87. The predicted octanol–water partition coefficient (Wildman–Crippen LogP) is 1.48. The number of amides is 1. The van der Waals surface area contributed by atoms with E-state index in [4.69, 9.17) is 10.5 Å². The van der Waals surface area contributed by atoms with Crippen LogP contribution in [0.2, 0.25) is 0 Å². The highest BCUT2D eigenvalue weighted by molar-refractivity contribution is 5.77. The van der Waals surface area contributed by atoms with Gasteiger partial charge >= 0.3 is 0 Å². The van der Waals surface area contributed by atoms with Gasteiger partial charge in [-0.3, -0.25) is 4.79 Å². The minimum absolute atomic E-state index is 0.0514. The van der Waals surface area contributed by atoms with Gasteiger partial charge in [0.15, 0.2) is 6.61 Å². The molecule has 4 nitrogen and oxygen atoms in total. The molecule has 1 unspecified atom stereocenters. The van der Waals surface area contributed by atoms with E-state index in [1.54, 1.807) is 0 Å². The van der Waals surface area contributed by atoms with E-state index in [0.717, 1.165) is 24.3 Å². The second-order valence-corrected chi connectivity index (χ2v) is 5.36. The number of carbonyl (C=O) groups excluding carboxylic acids is 1. The Morgan fingerprint density at radius 1 is 1.53 bits per heavy atom. The smallest absolute Gasteiger partial charge is 0.257 e. The van der Waals surface area contributed by atoms with Crippen molar-refractivity contribution in [2.75, 3.05) is 13.2 Å². The fourth-order valence-corrected chi connectivity index (χ4v) is 1.91. The van der Waals surface area contributed by atoms with Gasteiger partial charge in [-0.2, -0.15) is 0 Å². The lowest BCUT2D eigenvalue weighted by atomic mass is 10.1. The van der Waals surface area contributed by atoms with Crippen LogP contribution in [-0.4, -0.2) is 25.1 Å². The molecule has 2 rings (SSSR count). The first kappa shape index (κ1) is 13.9. The van der Waals surface area contributed by atoms with E-state index in [9.17, 15) is 4.79 Å². The van der Waals surface area contributed by atoms with Crippen molar-refractivity contribution in [2.24, 2.45) is 11.7 Å². The molecule has 1 amide bonds. The van der Waals surface area contributed by atoms with Gasteiger partial charge in [0, 0.05) is 12.6 Å². The summed E-state index contributed by atoms with van der Waals surface area (Å²) in [5.74, 6) is 1.36. The van der Waals surface area contributed by atoms with Gasteiger partial charge in [-0.25, -0.2) is 0 Å². The van der Waals surface area contributed by atoms with Crippen LogP contribution in [0.15, 0.2) is 24.3 Å². The molecule has 0 heterocycles. The second-order valence-electron chi connectivity index (χ2n) is 5.36. The van der Waals surface area contributed by atoms with Crippen LogP contribution in [0.3, 0.4) is 0 Å². The van der Waals surface area contributed by atoms with Crippen LogP contribution < -0.4 is 15.8 Å². The number of ether oxygens (including phenoxy) is 1. The fraction of sp³-hybridized carbons (Fsp3) is 0.533. The van der Waals surface area contributed by atoms with Crippen LogP contribution in [-0.2, 0) is 11.2 Å². The van der Waals surface area contributed by atoms with Crippen LogP contribution in [0, 0.1) is 5.92 Å². The van der Waals surface area contributed by atoms with Crippen molar-refractivity contribution in [1.29, 1.82) is 0 Å². The van der Waals surface area contributed by atoms with E-state index in [0.29, 0.717) is 5.92 Å². The van der Waals surface area contributed by atoms with Crippen LogP contribution >= 0.6 is 0 Å². The molecule has 1 aliphatic rings. The highest BCUT2D eigenvalue weighted by atomic mass is 16.5. The first-order chi connectivity index (χ1) is 9.13. The SMILES string of the molecule is CC(N)Cc1cccc(OCC(=O)NCC2CC2)c1. The third kappa shape index (κ3) is 5.30. The summed E-state index contributed by atoms with van der Waals surface area (Å²) in [6, 6.07) is 7.87. The standard InChI is InChI=1S/C15H22N2O2/c1-11(16)7-13-3-2-4-14(8-13)19-10-15(18)17-9-12-5-6-12/h2-4,8,11-12H,5-7,9-10,16H2,1H3,(H,17,18). The van der Waals surface area contributed by atoms with Crippen LogP contribution in [0.5, 0.6) is 5.75 Å². The molecule has 1 aromatic rings. The van der Waals surface area contributed by atoms with Crippen LogP contribution in [0.1, 0.15) is 25.3 Å². The molecule has 0 aromatic heterocycles. The Hall–Kier alpha value is -1.55. The topological polar surface area (TPSA) is 64.3 Å². The Kier molecular flexibility index (Phi) is 4.80. The molecular formula is C15H22N2O2.